The highest BCUT2D eigenvalue weighted by atomic mass is 32.2. The second kappa shape index (κ2) is 8.11. The maximum Gasteiger partial charge on any atom is 0.180 e. The maximum absolute atomic E-state index is 12.9. The van der Waals surface area contributed by atoms with Gasteiger partial charge in [0.2, 0.25) is 0 Å². The SMILES string of the molecule is CC(C)NC(=S)SC(C(=O)c1ccccc1)c1ccccc1. The molecule has 0 aliphatic heterocycles. The van der Waals surface area contributed by atoms with E-state index >= 15 is 0 Å². The molecule has 114 valence electrons. The van der Waals surface area contributed by atoms with Crippen molar-refractivity contribution >= 4 is 34.1 Å². The number of carbonyl (C=O) groups is 1. The van der Waals surface area contributed by atoms with Gasteiger partial charge in [0.15, 0.2) is 5.78 Å². The molecule has 0 amide bonds. The van der Waals surface area contributed by atoms with E-state index in [0.29, 0.717) is 9.88 Å². The Labute approximate surface area is 141 Å². The summed E-state index contributed by atoms with van der Waals surface area (Å²) in [4.78, 5) is 12.9. The van der Waals surface area contributed by atoms with Crippen LogP contribution in [-0.2, 0) is 0 Å². The van der Waals surface area contributed by atoms with Gasteiger partial charge in [-0.2, -0.15) is 0 Å². The molecular weight excluding hydrogens is 310 g/mol. The first-order valence-corrected chi connectivity index (χ1v) is 8.48. The van der Waals surface area contributed by atoms with Gasteiger partial charge in [-0.1, -0.05) is 84.6 Å². The van der Waals surface area contributed by atoms with Crippen molar-refractivity contribution in [1.82, 2.24) is 5.32 Å². The van der Waals surface area contributed by atoms with E-state index in [0.717, 1.165) is 5.56 Å². The van der Waals surface area contributed by atoms with Gasteiger partial charge in [-0.05, 0) is 19.4 Å². The summed E-state index contributed by atoms with van der Waals surface area (Å²) in [6, 6.07) is 19.4. The molecule has 0 bridgehead atoms. The molecule has 0 aliphatic rings. The highest BCUT2D eigenvalue weighted by Crippen LogP contribution is 2.33. The summed E-state index contributed by atoms with van der Waals surface area (Å²) >= 11 is 6.78. The van der Waals surface area contributed by atoms with E-state index in [1.807, 2.05) is 74.5 Å². The van der Waals surface area contributed by atoms with E-state index in [9.17, 15) is 4.79 Å². The molecule has 0 fully saturated rings. The van der Waals surface area contributed by atoms with Crippen LogP contribution in [0.5, 0.6) is 0 Å². The minimum atomic E-state index is -0.331. The molecule has 0 aliphatic carbocycles. The highest BCUT2D eigenvalue weighted by Gasteiger charge is 2.24. The summed E-state index contributed by atoms with van der Waals surface area (Å²) in [5.41, 5.74) is 1.67. The molecule has 0 spiro atoms. The second-order valence-corrected chi connectivity index (χ2v) is 7.01. The van der Waals surface area contributed by atoms with E-state index in [-0.39, 0.29) is 17.1 Å². The fourth-order valence-electron chi connectivity index (χ4n) is 2.03. The molecule has 1 atom stereocenters. The Kier molecular flexibility index (Phi) is 6.16. The third-order valence-corrected chi connectivity index (χ3v) is 4.49. The van der Waals surface area contributed by atoms with Crippen LogP contribution in [0.2, 0.25) is 0 Å². The van der Waals surface area contributed by atoms with Crippen LogP contribution in [0.4, 0.5) is 0 Å². The van der Waals surface area contributed by atoms with Gasteiger partial charge in [-0.3, -0.25) is 4.79 Å². The Hall–Kier alpha value is -1.65. The van der Waals surface area contributed by atoms with Gasteiger partial charge >= 0.3 is 0 Å². The molecule has 1 N–H and O–H groups in total. The third-order valence-electron chi connectivity index (χ3n) is 3.03. The van der Waals surface area contributed by atoms with Crippen LogP contribution in [0.3, 0.4) is 0 Å². The topological polar surface area (TPSA) is 29.1 Å². The molecule has 4 heteroatoms. The summed E-state index contributed by atoms with van der Waals surface area (Å²) in [6.45, 7) is 4.06. The summed E-state index contributed by atoms with van der Waals surface area (Å²) in [5.74, 6) is 0.0738. The molecule has 0 aromatic heterocycles. The lowest BCUT2D eigenvalue weighted by Gasteiger charge is -2.18. The number of rotatable bonds is 5. The van der Waals surface area contributed by atoms with Gasteiger partial charge in [0.25, 0.3) is 0 Å². The van der Waals surface area contributed by atoms with Crippen molar-refractivity contribution in [1.29, 1.82) is 0 Å². The summed E-state index contributed by atoms with van der Waals surface area (Å²) < 4.78 is 0.646. The van der Waals surface area contributed by atoms with Crippen molar-refractivity contribution < 1.29 is 4.79 Å². The van der Waals surface area contributed by atoms with Crippen molar-refractivity contribution in [3.8, 4) is 0 Å². The Morgan fingerprint density at radius 1 is 1.00 bits per heavy atom. The fourth-order valence-corrected chi connectivity index (χ4v) is 3.61. The standard InChI is InChI=1S/C18H19NOS2/c1-13(2)19-18(21)22-17(15-11-7-4-8-12-15)16(20)14-9-5-3-6-10-14/h3-13,17H,1-2H3,(H,19,21). The molecule has 22 heavy (non-hydrogen) atoms. The zero-order valence-electron chi connectivity index (χ0n) is 12.7. The minimum Gasteiger partial charge on any atom is -0.369 e. The molecular formula is C18H19NOS2. The fraction of sp³-hybridized carbons (Fsp3) is 0.222. The monoisotopic (exact) mass is 329 g/mol. The Morgan fingerprint density at radius 2 is 1.55 bits per heavy atom. The summed E-state index contributed by atoms with van der Waals surface area (Å²) in [7, 11) is 0. The van der Waals surface area contributed by atoms with Gasteiger partial charge in [-0.25, -0.2) is 0 Å². The Balaban J connectivity index is 2.26. The minimum absolute atomic E-state index is 0.0738. The van der Waals surface area contributed by atoms with E-state index in [1.54, 1.807) is 0 Å². The van der Waals surface area contributed by atoms with Gasteiger partial charge in [0.05, 0.1) is 5.25 Å². The van der Waals surface area contributed by atoms with E-state index in [2.05, 4.69) is 5.32 Å². The van der Waals surface area contributed by atoms with Crippen LogP contribution >= 0.6 is 24.0 Å². The molecule has 2 aromatic rings. The lowest BCUT2D eigenvalue weighted by molar-refractivity contribution is 0.0990. The van der Waals surface area contributed by atoms with Crippen LogP contribution in [0, 0.1) is 0 Å². The van der Waals surface area contributed by atoms with E-state index in [4.69, 9.17) is 12.2 Å². The number of Topliss-reactive ketones (excluding diaryl/α,β-unsaturated/α-hetero) is 1. The number of thioether (sulfide) groups is 1. The number of hydrogen-bond donors (Lipinski definition) is 1. The van der Waals surface area contributed by atoms with Crippen molar-refractivity contribution in [2.45, 2.75) is 25.1 Å². The van der Waals surface area contributed by atoms with Crippen LogP contribution in [0.1, 0.15) is 35.0 Å². The first-order chi connectivity index (χ1) is 10.6. The predicted octanol–water partition coefficient (Wildman–Crippen LogP) is 4.63. The van der Waals surface area contributed by atoms with E-state index < -0.39 is 0 Å². The lowest BCUT2D eigenvalue weighted by atomic mass is 10.0. The molecule has 0 radical (unpaired) electrons. The summed E-state index contributed by atoms with van der Waals surface area (Å²) in [5, 5.41) is 2.86. The zero-order chi connectivity index (χ0) is 15.9. The van der Waals surface area contributed by atoms with Gasteiger partial charge in [-0.15, -0.1) is 0 Å². The smallest absolute Gasteiger partial charge is 0.180 e. The molecule has 0 saturated carbocycles. The highest BCUT2D eigenvalue weighted by molar-refractivity contribution is 8.23. The molecule has 1 unspecified atom stereocenters. The summed E-state index contributed by atoms with van der Waals surface area (Å²) in [6.07, 6.45) is 0. The average molecular weight is 329 g/mol. The normalized spacial score (nSPS) is 12.0. The largest absolute Gasteiger partial charge is 0.369 e. The molecule has 2 aromatic carbocycles. The van der Waals surface area contributed by atoms with Crippen molar-refractivity contribution in [2.24, 2.45) is 0 Å². The Morgan fingerprint density at radius 3 is 2.09 bits per heavy atom. The van der Waals surface area contributed by atoms with Crippen LogP contribution in [0.25, 0.3) is 0 Å². The first-order valence-electron chi connectivity index (χ1n) is 7.19. The second-order valence-electron chi connectivity index (χ2n) is 5.23. The number of carbonyl (C=O) groups excluding carboxylic acids is 1. The molecule has 2 nitrogen and oxygen atoms in total. The van der Waals surface area contributed by atoms with Crippen LogP contribution in [-0.4, -0.2) is 16.1 Å². The average Bonchev–Trinajstić information content (AvgIpc) is 2.53. The Bertz CT molecular complexity index is 626. The number of hydrogen-bond acceptors (Lipinski definition) is 3. The van der Waals surface area contributed by atoms with Gasteiger partial charge < -0.3 is 5.32 Å². The molecule has 0 saturated heterocycles. The number of benzene rings is 2. The number of nitrogens with one attached hydrogen (secondary N) is 1. The van der Waals surface area contributed by atoms with Crippen molar-refractivity contribution in [2.75, 3.05) is 0 Å². The van der Waals surface area contributed by atoms with Crippen LogP contribution < -0.4 is 5.32 Å². The van der Waals surface area contributed by atoms with Gasteiger partial charge in [0, 0.05) is 11.6 Å². The lowest BCUT2D eigenvalue weighted by Crippen LogP contribution is -2.27. The van der Waals surface area contributed by atoms with Crippen molar-refractivity contribution in [3.63, 3.8) is 0 Å². The van der Waals surface area contributed by atoms with Crippen molar-refractivity contribution in [3.05, 3.63) is 71.8 Å². The predicted molar refractivity (Wildman–Crippen MR) is 98.4 cm³/mol. The van der Waals surface area contributed by atoms with Gasteiger partial charge in [0.1, 0.15) is 4.32 Å². The van der Waals surface area contributed by atoms with Crippen LogP contribution in [0.15, 0.2) is 60.7 Å². The molecule has 2 rings (SSSR count). The number of thiocarbonyl (C=S) groups is 1. The number of ketones is 1. The maximum atomic E-state index is 12.9. The quantitative estimate of drug-likeness (QED) is 0.640. The first kappa shape index (κ1) is 16.7. The van der Waals surface area contributed by atoms with E-state index in [1.165, 1.54) is 11.8 Å². The third kappa shape index (κ3) is 4.68. The molecule has 0 heterocycles. The zero-order valence-corrected chi connectivity index (χ0v) is 14.3.